The van der Waals surface area contributed by atoms with Crippen molar-refractivity contribution in [1.82, 2.24) is 25.1 Å². The number of aromatic nitrogens is 4. The van der Waals surface area contributed by atoms with Crippen LogP contribution in [-0.2, 0) is 11.3 Å². The third-order valence-corrected chi connectivity index (χ3v) is 5.88. The fourth-order valence-corrected chi connectivity index (χ4v) is 4.17. The molecule has 1 aromatic carbocycles. The monoisotopic (exact) mass is 434 g/mol. The number of carbonyl (C=O) groups excluding carboxylic acids is 1. The highest BCUT2D eigenvalue weighted by Gasteiger charge is 2.26. The highest BCUT2D eigenvalue weighted by atomic mass is 16.5. The number of hydrogen-bond acceptors (Lipinski definition) is 6. The van der Waals surface area contributed by atoms with Crippen LogP contribution in [0.2, 0.25) is 0 Å². The molecule has 1 N–H and O–H groups in total. The van der Waals surface area contributed by atoms with Crippen LogP contribution in [0.15, 0.2) is 42.7 Å². The van der Waals surface area contributed by atoms with Crippen LogP contribution in [0.25, 0.3) is 11.3 Å². The van der Waals surface area contributed by atoms with E-state index in [1.54, 1.807) is 13.4 Å². The number of rotatable bonds is 7. The Morgan fingerprint density at radius 1 is 1.19 bits per heavy atom. The first-order chi connectivity index (χ1) is 15.5. The summed E-state index contributed by atoms with van der Waals surface area (Å²) in [5.74, 6) is 1.71. The summed E-state index contributed by atoms with van der Waals surface area (Å²) in [4.78, 5) is 23.9. The Kier molecular flexibility index (Phi) is 6.68. The van der Waals surface area contributed by atoms with Gasteiger partial charge in [-0.2, -0.15) is 5.10 Å². The number of amides is 1. The smallest absolute Gasteiger partial charge is 0.224 e. The number of hydrogen-bond donors (Lipinski definition) is 1. The largest absolute Gasteiger partial charge is 0.497 e. The standard InChI is InChI=1S/C24H30N6O2/c1-17-13-18(2)30(28-17)12-10-25-24(31)20-5-4-11-29(15-20)23-14-22(26-16-27-23)19-6-8-21(32-3)9-7-19/h6-9,13-14,16,20H,4-5,10-12,15H2,1-3H3,(H,25,31)/t20-/m1/s1. The summed E-state index contributed by atoms with van der Waals surface area (Å²) >= 11 is 0. The molecule has 0 bridgehead atoms. The van der Waals surface area contributed by atoms with Crippen molar-refractivity contribution in [2.45, 2.75) is 33.2 Å². The fraction of sp³-hybridized carbons (Fsp3) is 0.417. The zero-order valence-corrected chi connectivity index (χ0v) is 18.9. The average molecular weight is 435 g/mol. The van der Waals surface area contributed by atoms with Gasteiger partial charge in [0, 0.05) is 37.0 Å². The Morgan fingerprint density at radius 2 is 2.00 bits per heavy atom. The lowest BCUT2D eigenvalue weighted by Crippen LogP contribution is -2.44. The van der Waals surface area contributed by atoms with Gasteiger partial charge in [0.25, 0.3) is 0 Å². The number of piperidine rings is 1. The zero-order chi connectivity index (χ0) is 22.5. The Hall–Kier alpha value is -3.42. The third-order valence-electron chi connectivity index (χ3n) is 5.88. The van der Waals surface area contributed by atoms with Gasteiger partial charge in [0.1, 0.15) is 17.9 Å². The lowest BCUT2D eigenvalue weighted by atomic mass is 9.97. The molecule has 1 amide bonds. The number of nitrogens with one attached hydrogen (secondary N) is 1. The second-order valence-electron chi connectivity index (χ2n) is 8.22. The number of carbonyl (C=O) groups is 1. The molecule has 0 radical (unpaired) electrons. The fourth-order valence-electron chi connectivity index (χ4n) is 4.17. The first-order valence-corrected chi connectivity index (χ1v) is 11.0. The van der Waals surface area contributed by atoms with Gasteiger partial charge in [-0.25, -0.2) is 9.97 Å². The molecule has 8 nitrogen and oxygen atoms in total. The molecular formula is C24H30N6O2. The van der Waals surface area contributed by atoms with E-state index in [0.717, 1.165) is 53.6 Å². The van der Waals surface area contributed by atoms with Crippen molar-refractivity contribution < 1.29 is 9.53 Å². The van der Waals surface area contributed by atoms with Crippen LogP contribution in [0, 0.1) is 19.8 Å². The van der Waals surface area contributed by atoms with Gasteiger partial charge in [-0.05, 0) is 57.0 Å². The minimum Gasteiger partial charge on any atom is -0.497 e. The average Bonchev–Trinajstić information content (AvgIpc) is 3.16. The van der Waals surface area contributed by atoms with Gasteiger partial charge in [0.05, 0.1) is 31.0 Å². The number of nitrogens with zero attached hydrogens (tertiary/aromatic N) is 5. The van der Waals surface area contributed by atoms with E-state index in [9.17, 15) is 4.79 Å². The highest BCUT2D eigenvalue weighted by Crippen LogP contribution is 2.26. The molecule has 2 aromatic heterocycles. The first-order valence-electron chi connectivity index (χ1n) is 11.0. The molecule has 4 rings (SSSR count). The van der Waals surface area contributed by atoms with Gasteiger partial charge in [-0.1, -0.05) is 0 Å². The summed E-state index contributed by atoms with van der Waals surface area (Å²) < 4.78 is 7.17. The number of anilines is 1. The summed E-state index contributed by atoms with van der Waals surface area (Å²) in [6.45, 7) is 6.81. The molecule has 3 heterocycles. The molecule has 0 unspecified atom stereocenters. The molecule has 168 valence electrons. The van der Waals surface area contributed by atoms with Crippen LogP contribution in [0.1, 0.15) is 24.2 Å². The van der Waals surface area contributed by atoms with Crippen LogP contribution >= 0.6 is 0 Å². The molecule has 8 heteroatoms. The maximum Gasteiger partial charge on any atom is 0.224 e. The normalized spacial score (nSPS) is 16.1. The molecule has 1 aliphatic heterocycles. The summed E-state index contributed by atoms with van der Waals surface area (Å²) in [6.07, 6.45) is 3.43. The molecule has 0 saturated carbocycles. The zero-order valence-electron chi connectivity index (χ0n) is 18.9. The van der Waals surface area contributed by atoms with Gasteiger partial charge >= 0.3 is 0 Å². The summed E-state index contributed by atoms with van der Waals surface area (Å²) in [7, 11) is 1.65. The molecule has 32 heavy (non-hydrogen) atoms. The lowest BCUT2D eigenvalue weighted by molar-refractivity contribution is -0.125. The van der Waals surface area contributed by atoms with Crippen molar-refractivity contribution in [2.75, 3.05) is 31.6 Å². The lowest BCUT2D eigenvalue weighted by Gasteiger charge is -2.33. The van der Waals surface area contributed by atoms with Gasteiger partial charge in [0.15, 0.2) is 0 Å². The van der Waals surface area contributed by atoms with Crippen molar-refractivity contribution in [3.8, 4) is 17.0 Å². The summed E-state index contributed by atoms with van der Waals surface area (Å²) in [6, 6.07) is 11.9. The molecule has 0 spiro atoms. The Bertz CT molecular complexity index is 1060. The van der Waals surface area contributed by atoms with Crippen LogP contribution in [0.3, 0.4) is 0 Å². The van der Waals surface area contributed by atoms with Crippen molar-refractivity contribution in [2.24, 2.45) is 5.92 Å². The quantitative estimate of drug-likeness (QED) is 0.615. The summed E-state index contributed by atoms with van der Waals surface area (Å²) in [5.41, 5.74) is 3.96. The topological polar surface area (TPSA) is 85.2 Å². The second kappa shape index (κ2) is 9.80. The molecule has 1 atom stereocenters. The van der Waals surface area contributed by atoms with Crippen LogP contribution in [-0.4, -0.2) is 52.4 Å². The molecule has 1 aliphatic rings. The van der Waals surface area contributed by atoms with Crippen LogP contribution in [0.4, 0.5) is 5.82 Å². The molecule has 0 aliphatic carbocycles. The Morgan fingerprint density at radius 3 is 2.72 bits per heavy atom. The maximum absolute atomic E-state index is 12.8. The number of methoxy groups -OCH3 is 1. The second-order valence-corrected chi connectivity index (χ2v) is 8.22. The third kappa shape index (κ3) is 5.07. The van der Waals surface area contributed by atoms with Gasteiger partial charge < -0.3 is 15.0 Å². The van der Waals surface area contributed by atoms with E-state index in [-0.39, 0.29) is 11.8 Å². The van der Waals surface area contributed by atoms with Gasteiger partial charge in [-0.3, -0.25) is 9.48 Å². The number of aryl methyl sites for hydroxylation is 2. The van der Waals surface area contributed by atoms with Crippen molar-refractivity contribution in [1.29, 1.82) is 0 Å². The Balaban J connectivity index is 1.36. The van der Waals surface area contributed by atoms with Crippen molar-refractivity contribution in [3.63, 3.8) is 0 Å². The van der Waals surface area contributed by atoms with E-state index in [4.69, 9.17) is 4.74 Å². The minimum absolute atomic E-state index is 0.0522. The Labute approximate surface area is 188 Å². The summed E-state index contributed by atoms with van der Waals surface area (Å²) in [5, 5.41) is 7.54. The number of benzene rings is 1. The molecular weight excluding hydrogens is 404 g/mol. The SMILES string of the molecule is COc1ccc(-c2cc(N3CCC[C@@H](C(=O)NCCn4nc(C)cc4C)C3)ncn2)cc1. The van der Waals surface area contributed by atoms with E-state index in [2.05, 4.69) is 25.3 Å². The van der Waals surface area contributed by atoms with Crippen molar-refractivity contribution in [3.05, 3.63) is 54.1 Å². The van der Waals surface area contributed by atoms with E-state index in [0.29, 0.717) is 19.6 Å². The van der Waals surface area contributed by atoms with E-state index in [1.165, 1.54) is 0 Å². The van der Waals surface area contributed by atoms with E-state index < -0.39 is 0 Å². The predicted octanol–water partition coefficient (Wildman–Crippen LogP) is 3.00. The highest BCUT2D eigenvalue weighted by molar-refractivity contribution is 5.79. The van der Waals surface area contributed by atoms with Gasteiger partial charge in [-0.15, -0.1) is 0 Å². The van der Waals surface area contributed by atoms with Crippen LogP contribution in [0.5, 0.6) is 5.75 Å². The van der Waals surface area contributed by atoms with E-state index >= 15 is 0 Å². The number of ether oxygens (including phenoxy) is 1. The van der Waals surface area contributed by atoms with Crippen LogP contribution < -0.4 is 15.0 Å². The van der Waals surface area contributed by atoms with Crippen molar-refractivity contribution >= 4 is 11.7 Å². The predicted molar refractivity (Wildman–Crippen MR) is 124 cm³/mol. The van der Waals surface area contributed by atoms with Gasteiger partial charge in [0.2, 0.25) is 5.91 Å². The minimum atomic E-state index is -0.0522. The first kappa shape index (κ1) is 21.8. The molecule has 1 fully saturated rings. The van der Waals surface area contributed by atoms with E-state index in [1.807, 2.05) is 54.9 Å². The molecule has 3 aromatic rings. The molecule has 1 saturated heterocycles. The maximum atomic E-state index is 12.8.